The molecule has 6 atom stereocenters. The van der Waals surface area contributed by atoms with Crippen molar-refractivity contribution in [2.45, 2.75) is 302 Å². The van der Waals surface area contributed by atoms with Crippen molar-refractivity contribution in [3.8, 4) is 0 Å². The summed E-state index contributed by atoms with van der Waals surface area (Å²) in [4.78, 5) is 51.0. The molecule has 0 aromatic rings. The second-order valence-electron chi connectivity index (χ2n) is 19.9. The van der Waals surface area contributed by atoms with Crippen molar-refractivity contribution in [3.05, 3.63) is 36.5 Å². The number of esters is 3. The Morgan fingerprint density at radius 3 is 1.35 bits per heavy atom. The van der Waals surface area contributed by atoms with Crippen LogP contribution >= 0.6 is 0 Å². The largest absolute Gasteiger partial charge is 0.479 e. The molecule has 12 heteroatoms. The molecule has 71 heavy (non-hydrogen) atoms. The third-order valence-electron chi connectivity index (χ3n) is 13.2. The van der Waals surface area contributed by atoms with Crippen LogP contribution in [0.3, 0.4) is 0 Å². The highest BCUT2D eigenvalue weighted by molar-refractivity contribution is 5.74. The number of carboxylic acids is 1. The van der Waals surface area contributed by atoms with Crippen molar-refractivity contribution in [1.29, 1.82) is 0 Å². The van der Waals surface area contributed by atoms with Crippen LogP contribution in [0.5, 0.6) is 0 Å². The molecule has 1 aliphatic rings. The van der Waals surface area contributed by atoms with E-state index in [0.717, 1.165) is 77.0 Å². The molecule has 12 nitrogen and oxygen atoms in total. The molecule has 1 aliphatic heterocycles. The number of ether oxygens (including phenoxy) is 5. The normalized spacial score (nSPS) is 18.7. The van der Waals surface area contributed by atoms with E-state index >= 15 is 0 Å². The third-order valence-corrected chi connectivity index (χ3v) is 13.2. The maximum Gasteiger partial charge on any atom is 0.335 e. The number of carboxylic acid groups (broad SMARTS) is 1. The fourth-order valence-corrected chi connectivity index (χ4v) is 8.80. The molecule has 0 radical (unpaired) electrons. The number of carbonyl (C=O) groups excluding carboxylic acids is 3. The van der Waals surface area contributed by atoms with Gasteiger partial charge in [0.25, 0.3) is 0 Å². The summed E-state index contributed by atoms with van der Waals surface area (Å²) < 4.78 is 28.4. The maximum atomic E-state index is 13.1. The highest BCUT2D eigenvalue weighted by atomic mass is 16.7. The van der Waals surface area contributed by atoms with Gasteiger partial charge in [-0.2, -0.15) is 0 Å². The zero-order valence-electron chi connectivity index (χ0n) is 45.2. The summed E-state index contributed by atoms with van der Waals surface area (Å²) >= 11 is 0. The first-order valence-electron chi connectivity index (χ1n) is 29.0. The number of carbonyl (C=O) groups is 4. The molecule has 1 rings (SSSR count). The van der Waals surface area contributed by atoms with E-state index in [4.69, 9.17) is 23.7 Å². The van der Waals surface area contributed by atoms with Gasteiger partial charge >= 0.3 is 23.9 Å². The summed E-state index contributed by atoms with van der Waals surface area (Å²) in [5.41, 5.74) is 0. The average Bonchev–Trinajstić information content (AvgIpc) is 3.35. The van der Waals surface area contributed by atoms with Gasteiger partial charge in [0.2, 0.25) is 0 Å². The summed E-state index contributed by atoms with van der Waals surface area (Å²) in [7, 11) is 0. The molecule has 0 aliphatic carbocycles. The highest BCUT2D eigenvalue weighted by Gasteiger charge is 2.50. The summed E-state index contributed by atoms with van der Waals surface area (Å²) in [6.45, 7) is 5.88. The van der Waals surface area contributed by atoms with Crippen LogP contribution in [0.4, 0.5) is 0 Å². The van der Waals surface area contributed by atoms with E-state index in [1.807, 2.05) is 0 Å². The molecule has 6 unspecified atom stereocenters. The Hall–Kier alpha value is -3.06. The van der Waals surface area contributed by atoms with Gasteiger partial charge in [0.05, 0.1) is 6.61 Å². The Labute approximate surface area is 431 Å². The van der Waals surface area contributed by atoms with Crippen LogP contribution in [-0.4, -0.2) is 89.2 Å². The van der Waals surface area contributed by atoms with E-state index < -0.39 is 67.3 Å². The standard InChI is InChI=1S/C59H104O12/c1-4-7-10-13-16-19-22-25-26-29-30-33-36-39-42-45-51(60)67-48-50(69-52(61)46-43-40-37-34-31-27-23-20-17-14-11-8-5-2)49-68-59-57(55(64)54(63)56(71-59)58(65)66)70-53(62)47-44-41-38-35-32-28-24-21-18-15-12-9-6-3/h9,12,18,21,28,32,50,54-57,59,63-64H,4-8,10-11,13-17,19-20,22-27,29-31,33-49H2,1-3H3,(H,65,66)/b12-9-,21-18-,32-28-. The van der Waals surface area contributed by atoms with Crippen LogP contribution in [0.25, 0.3) is 0 Å². The molecule has 3 N–H and O–H groups in total. The number of aliphatic carboxylic acids is 1. The molecule has 0 amide bonds. The molecule has 0 aromatic carbocycles. The topological polar surface area (TPSA) is 175 Å². The first kappa shape index (κ1) is 66.0. The van der Waals surface area contributed by atoms with Crippen molar-refractivity contribution >= 4 is 23.9 Å². The summed E-state index contributed by atoms with van der Waals surface area (Å²) in [6, 6.07) is 0. The first-order valence-corrected chi connectivity index (χ1v) is 29.0. The van der Waals surface area contributed by atoms with Gasteiger partial charge in [-0.15, -0.1) is 0 Å². The van der Waals surface area contributed by atoms with Crippen molar-refractivity contribution < 1.29 is 58.2 Å². The minimum atomic E-state index is -1.91. The molecule has 412 valence electrons. The van der Waals surface area contributed by atoms with Gasteiger partial charge in [-0.1, -0.05) is 231 Å². The maximum absolute atomic E-state index is 13.1. The lowest BCUT2D eigenvalue weighted by Gasteiger charge is -2.40. The van der Waals surface area contributed by atoms with Crippen molar-refractivity contribution in [3.63, 3.8) is 0 Å². The second-order valence-corrected chi connectivity index (χ2v) is 19.9. The van der Waals surface area contributed by atoms with E-state index in [-0.39, 0.29) is 25.9 Å². The average molecular weight is 1010 g/mol. The number of aliphatic hydroxyl groups excluding tert-OH is 2. The van der Waals surface area contributed by atoms with Gasteiger partial charge in [0.1, 0.15) is 18.8 Å². The monoisotopic (exact) mass is 1000 g/mol. The number of rotatable bonds is 49. The van der Waals surface area contributed by atoms with Gasteiger partial charge in [-0.25, -0.2) is 4.79 Å². The van der Waals surface area contributed by atoms with Crippen LogP contribution in [-0.2, 0) is 42.9 Å². The van der Waals surface area contributed by atoms with Crippen LogP contribution in [0.2, 0.25) is 0 Å². The van der Waals surface area contributed by atoms with Gasteiger partial charge < -0.3 is 39.0 Å². The number of aliphatic hydroxyl groups is 2. The molecule has 1 fully saturated rings. The van der Waals surface area contributed by atoms with Gasteiger partial charge in [0, 0.05) is 19.3 Å². The van der Waals surface area contributed by atoms with Crippen molar-refractivity contribution in [2.24, 2.45) is 0 Å². The Morgan fingerprint density at radius 2 is 0.887 bits per heavy atom. The number of unbranched alkanes of at least 4 members (excludes halogenated alkanes) is 29. The Balaban J connectivity index is 2.70. The minimum Gasteiger partial charge on any atom is -0.479 e. The molecule has 1 heterocycles. The van der Waals surface area contributed by atoms with Gasteiger partial charge in [0.15, 0.2) is 24.6 Å². The van der Waals surface area contributed by atoms with E-state index in [0.29, 0.717) is 19.3 Å². The molecular weight excluding hydrogens is 901 g/mol. The van der Waals surface area contributed by atoms with Crippen LogP contribution in [0.15, 0.2) is 36.5 Å². The zero-order chi connectivity index (χ0) is 51.8. The summed E-state index contributed by atoms with van der Waals surface area (Å²) in [5, 5.41) is 31.4. The predicted octanol–water partition coefficient (Wildman–Crippen LogP) is 14.5. The van der Waals surface area contributed by atoms with Gasteiger partial charge in [-0.3, -0.25) is 14.4 Å². The highest BCUT2D eigenvalue weighted by Crippen LogP contribution is 2.26. The number of allylic oxidation sites excluding steroid dienone is 6. The Bertz CT molecular complexity index is 1380. The van der Waals surface area contributed by atoms with Crippen LogP contribution in [0.1, 0.15) is 265 Å². The molecule has 0 spiro atoms. The SMILES string of the molecule is CC/C=C\C/C=C\C/C=C\CCCCCC(=O)OC1C(OCC(COC(=O)CCCCCCCCCCCCCCCCC)OC(=O)CCCCCCCCCCCCCCC)OC(C(=O)O)C(O)C1O. The molecule has 1 saturated heterocycles. The van der Waals surface area contributed by atoms with Crippen LogP contribution in [0, 0.1) is 0 Å². The summed E-state index contributed by atoms with van der Waals surface area (Å²) in [5.74, 6) is -3.13. The predicted molar refractivity (Wildman–Crippen MR) is 285 cm³/mol. The Kier molecular flexibility index (Phi) is 44.5. The lowest BCUT2D eigenvalue weighted by molar-refractivity contribution is -0.301. The van der Waals surface area contributed by atoms with E-state index in [1.165, 1.54) is 128 Å². The smallest absolute Gasteiger partial charge is 0.335 e. The molecule has 0 aromatic heterocycles. The lowest BCUT2D eigenvalue weighted by atomic mass is 9.98. The third kappa shape index (κ3) is 38.2. The minimum absolute atomic E-state index is 0.0286. The van der Waals surface area contributed by atoms with Crippen LogP contribution < -0.4 is 0 Å². The van der Waals surface area contributed by atoms with E-state index in [1.54, 1.807) is 0 Å². The first-order chi connectivity index (χ1) is 34.6. The molecule has 0 saturated carbocycles. The zero-order valence-corrected chi connectivity index (χ0v) is 45.2. The fraction of sp³-hybridized carbons (Fsp3) is 0.831. The number of hydrogen-bond acceptors (Lipinski definition) is 11. The van der Waals surface area contributed by atoms with E-state index in [9.17, 15) is 34.5 Å². The second kappa shape index (κ2) is 47.9. The lowest BCUT2D eigenvalue weighted by Crippen LogP contribution is -2.61. The van der Waals surface area contributed by atoms with Crippen molar-refractivity contribution in [2.75, 3.05) is 13.2 Å². The van der Waals surface area contributed by atoms with Crippen molar-refractivity contribution in [1.82, 2.24) is 0 Å². The molecular formula is C59H104O12. The Morgan fingerprint density at radius 1 is 0.479 bits per heavy atom. The summed E-state index contributed by atoms with van der Waals surface area (Å²) in [6.07, 6.45) is 42.6. The molecule has 0 bridgehead atoms. The fourth-order valence-electron chi connectivity index (χ4n) is 8.80. The quantitative estimate of drug-likeness (QED) is 0.0228. The van der Waals surface area contributed by atoms with E-state index in [2.05, 4.69) is 57.2 Å². The number of hydrogen-bond donors (Lipinski definition) is 3. The van der Waals surface area contributed by atoms with Gasteiger partial charge in [-0.05, 0) is 51.4 Å².